The van der Waals surface area contributed by atoms with E-state index in [1.807, 2.05) is 0 Å². The summed E-state index contributed by atoms with van der Waals surface area (Å²) in [5, 5.41) is 8.91. The van der Waals surface area contributed by atoms with Gasteiger partial charge in [-0.25, -0.2) is 0 Å². The van der Waals surface area contributed by atoms with Gasteiger partial charge in [0.25, 0.3) is 0 Å². The molecule has 0 aliphatic carbocycles. The van der Waals surface area contributed by atoms with Crippen molar-refractivity contribution in [2.45, 2.75) is 6.04 Å². The van der Waals surface area contributed by atoms with Crippen LogP contribution in [-0.4, -0.2) is 11.1 Å². The van der Waals surface area contributed by atoms with Gasteiger partial charge in [-0.15, -0.1) is 0 Å². The van der Waals surface area contributed by atoms with Crippen LogP contribution in [0, 0.1) is 0 Å². The Morgan fingerprint density at radius 2 is 2.15 bits per heavy atom. The second-order valence-corrected chi connectivity index (χ2v) is 3.00. The van der Waals surface area contributed by atoms with Gasteiger partial charge in [-0.1, -0.05) is 17.7 Å². The van der Waals surface area contributed by atoms with E-state index in [4.69, 9.17) is 28.2 Å². The monoisotopic (exact) mass is 200 g/mol. The molecule has 5 N–H and O–H groups in total. The molecule has 0 unspecified atom stereocenters. The van der Waals surface area contributed by atoms with E-state index >= 15 is 0 Å². The standard InChI is InChI=1S/C8H9ClN2O2/c9-5-3-4(1-2-6(5)10)7(11)8(12)13/h1-3,7H,10-11H2,(H,12,13)/t7-/m1/s1. The molecule has 1 atom stereocenters. The van der Waals surface area contributed by atoms with Crippen molar-refractivity contribution < 1.29 is 9.90 Å². The lowest BCUT2D eigenvalue weighted by Crippen LogP contribution is -2.20. The Hall–Kier alpha value is -1.26. The summed E-state index contributed by atoms with van der Waals surface area (Å²) in [6.45, 7) is 0. The number of nitrogens with two attached hydrogens (primary N) is 2. The topological polar surface area (TPSA) is 89.3 Å². The first-order valence-electron chi connectivity index (χ1n) is 3.55. The number of carboxylic acids is 1. The average Bonchev–Trinajstić information content (AvgIpc) is 2.08. The highest BCUT2D eigenvalue weighted by Crippen LogP contribution is 2.22. The number of carboxylic acid groups (broad SMARTS) is 1. The van der Waals surface area contributed by atoms with Gasteiger partial charge in [0.1, 0.15) is 6.04 Å². The minimum Gasteiger partial charge on any atom is -0.480 e. The minimum atomic E-state index is -1.10. The first-order valence-corrected chi connectivity index (χ1v) is 3.93. The molecule has 0 aromatic heterocycles. The Morgan fingerprint density at radius 1 is 1.54 bits per heavy atom. The number of hydrogen-bond acceptors (Lipinski definition) is 3. The van der Waals surface area contributed by atoms with E-state index in [-0.39, 0.29) is 0 Å². The lowest BCUT2D eigenvalue weighted by atomic mass is 10.1. The molecule has 4 nitrogen and oxygen atoms in total. The minimum absolute atomic E-state index is 0.314. The van der Waals surface area contributed by atoms with E-state index in [0.29, 0.717) is 16.3 Å². The summed E-state index contributed by atoms with van der Waals surface area (Å²) in [6.07, 6.45) is 0. The van der Waals surface area contributed by atoms with Crippen molar-refractivity contribution in [3.63, 3.8) is 0 Å². The molecular weight excluding hydrogens is 192 g/mol. The molecule has 0 saturated carbocycles. The van der Waals surface area contributed by atoms with Crippen LogP contribution in [-0.2, 0) is 4.79 Å². The molecule has 0 saturated heterocycles. The number of nitrogen functional groups attached to an aromatic ring is 1. The molecular formula is C8H9ClN2O2. The lowest BCUT2D eigenvalue weighted by Gasteiger charge is -2.07. The summed E-state index contributed by atoms with van der Waals surface area (Å²) < 4.78 is 0. The number of benzene rings is 1. The van der Waals surface area contributed by atoms with Crippen molar-refractivity contribution in [1.82, 2.24) is 0 Å². The van der Waals surface area contributed by atoms with Gasteiger partial charge >= 0.3 is 5.97 Å². The van der Waals surface area contributed by atoms with Crippen LogP contribution in [0.3, 0.4) is 0 Å². The van der Waals surface area contributed by atoms with Gasteiger partial charge in [-0.2, -0.15) is 0 Å². The summed E-state index contributed by atoms with van der Waals surface area (Å²) in [7, 11) is 0. The Labute approximate surface area is 80.1 Å². The number of aliphatic carboxylic acids is 1. The Bertz CT molecular complexity index is 341. The normalized spacial score (nSPS) is 12.5. The third-order valence-corrected chi connectivity index (χ3v) is 1.98. The fraction of sp³-hybridized carbons (Fsp3) is 0.125. The molecule has 0 aliphatic heterocycles. The van der Waals surface area contributed by atoms with Gasteiger partial charge in [0.15, 0.2) is 0 Å². The van der Waals surface area contributed by atoms with Crippen molar-refractivity contribution >= 4 is 23.3 Å². The van der Waals surface area contributed by atoms with Crippen molar-refractivity contribution in [3.05, 3.63) is 28.8 Å². The van der Waals surface area contributed by atoms with Gasteiger partial charge < -0.3 is 16.6 Å². The van der Waals surface area contributed by atoms with Crippen LogP contribution in [0.15, 0.2) is 18.2 Å². The molecule has 0 fully saturated rings. The summed E-state index contributed by atoms with van der Waals surface area (Å²) >= 11 is 5.69. The van der Waals surface area contributed by atoms with Crippen molar-refractivity contribution in [2.75, 3.05) is 5.73 Å². The van der Waals surface area contributed by atoms with Crippen LogP contribution in [0.1, 0.15) is 11.6 Å². The molecule has 70 valence electrons. The number of carbonyl (C=O) groups is 1. The third-order valence-electron chi connectivity index (χ3n) is 1.65. The molecule has 0 spiro atoms. The highest BCUT2D eigenvalue weighted by Gasteiger charge is 2.14. The van der Waals surface area contributed by atoms with Gasteiger partial charge in [-0.05, 0) is 17.7 Å². The molecule has 1 aromatic rings. The summed E-state index contributed by atoms with van der Waals surface area (Å²) in [5.74, 6) is -1.10. The van der Waals surface area contributed by atoms with Crippen LogP contribution >= 0.6 is 11.6 Å². The zero-order valence-corrected chi connectivity index (χ0v) is 7.45. The molecule has 0 heterocycles. The zero-order chi connectivity index (χ0) is 10.0. The SMILES string of the molecule is Nc1ccc([C@@H](N)C(=O)O)cc1Cl. The molecule has 13 heavy (non-hydrogen) atoms. The highest BCUT2D eigenvalue weighted by atomic mass is 35.5. The van der Waals surface area contributed by atoms with Crippen molar-refractivity contribution in [3.8, 4) is 0 Å². The molecule has 1 rings (SSSR count). The fourth-order valence-corrected chi connectivity index (χ4v) is 1.07. The molecule has 0 radical (unpaired) electrons. The van der Waals surface area contributed by atoms with Crippen LogP contribution in [0.5, 0.6) is 0 Å². The Morgan fingerprint density at radius 3 is 2.62 bits per heavy atom. The fourth-order valence-electron chi connectivity index (χ4n) is 0.879. The predicted octanol–water partition coefficient (Wildman–Crippen LogP) is 1.01. The predicted molar refractivity (Wildman–Crippen MR) is 50.4 cm³/mol. The van der Waals surface area contributed by atoms with Crippen LogP contribution in [0.25, 0.3) is 0 Å². The maximum absolute atomic E-state index is 10.5. The Kier molecular flexibility index (Phi) is 2.75. The van der Waals surface area contributed by atoms with Crippen LogP contribution < -0.4 is 11.5 Å². The van der Waals surface area contributed by atoms with E-state index in [2.05, 4.69) is 0 Å². The van der Waals surface area contributed by atoms with Gasteiger partial charge in [0.2, 0.25) is 0 Å². The zero-order valence-electron chi connectivity index (χ0n) is 6.70. The van der Waals surface area contributed by atoms with E-state index in [0.717, 1.165) is 0 Å². The van der Waals surface area contributed by atoms with Crippen LogP contribution in [0.4, 0.5) is 5.69 Å². The molecule has 5 heteroatoms. The number of rotatable bonds is 2. The second kappa shape index (κ2) is 3.64. The first kappa shape index (κ1) is 9.83. The van der Waals surface area contributed by atoms with E-state index < -0.39 is 12.0 Å². The maximum atomic E-state index is 10.5. The molecule has 0 aliphatic rings. The highest BCUT2D eigenvalue weighted by molar-refractivity contribution is 6.33. The number of halogens is 1. The van der Waals surface area contributed by atoms with E-state index in [1.54, 1.807) is 6.07 Å². The maximum Gasteiger partial charge on any atom is 0.325 e. The largest absolute Gasteiger partial charge is 0.480 e. The number of anilines is 1. The van der Waals surface area contributed by atoms with Crippen molar-refractivity contribution in [2.24, 2.45) is 5.73 Å². The molecule has 0 amide bonds. The third kappa shape index (κ3) is 2.11. The Balaban J connectivity index is 3.03. The summed E-state index contributed by atoms with van der Waals surface area (Å²) in [4.78, 5) is 10.5. The second-order valence-electron chi connectivity index (χ2n) is 2.60. The van der Waals surface area contributed by atoms with Gasteiger partial charge in [-0.3, -0.25) is 4.79 Å². The average molecular weight is 201 g/mol. The van der Waals surface area contributed by atoms with Gasteiger partial charge in [0, 0.05) is 0 Å². The van der Waals surface area contributed by atoms with Crippen molar-refractivity contribution in [1.29, 1.82) is 0 Å². The molecule has 0 bridgehead atoms. The van der Waals surface area contributed by atoms with E-state index in [9.17, 15) is 4.79 Å². The number of hydrogen-bond donors (Lipinski definition) is 3. The van der Waals surface area contributed by atoms with Gasteiger partial charge in [0.05, 0.1) is 10.7 Å². The first-order chi connectivity index (χ1) is 6.02. The smallest absolute Gasteiger partial charge is 0.325 e. The summed E-state index contributed by atoms with van der Waals surface area (Å²) in [5.41, 5.74) is 11.6. The quantitative estimate of drug-likeness (QED) is 0.622. The summed E-state index contributed by atoms with van der Waals surface area (Å²) in [6, 6.07) is 3.47. The van der Waals surface area contributed by atoms with Crippen LogP contribution in [0.2, 0.25) is 5.02 Å². The molecule has 1 aromatic carbocycles. The van der Waals surface area contributed by atoms with E-state index in [1.165, 1.54) is 12.1 Å². The lowest BCUT2D eigenvalue weighted by molar-refractivity contribution is -0.138.